The number of hydrogen-bond donors (Lipinski definition) is 15. The summed E-state index contributed by atoms with van der Waals surface area (Å²) in [5, 5.41) is 106. The van der Waals surface area contributed by atoms with Gasteiger partial charge in [0.2, 0.25) is 35.4 Å². The summed E-state index contributed by atoms with van der Waals surface area (Å²) in [6.45, 7) is 6.93. The molecule has 4 aromatic carbocycles. The van der Waals surface area contributed by atoms with Gasteiger partial charge in [0.1, 0.15) is 66.1 Å². The van der Waals surface area contributed by atoms with Gasteiger partial charge in [0.15, 0.2) is 0 Å². The van der Waals surface area contributed by atoms with E-state index in [4.69, 9.17) is 24.7 Å². The van der Waals surface area contributed by atoms with E-state index in [1.807, 2.05) is 48.5 Å². The van der Waals surface area contributed by atoms with Gasteiger partial charge in [0.05, 0.1) is 76.8 Å². The Hall–Kier alpha value is -7.71. The van der Waals surface area contributed by atoms with Gasteiger partial charge in [0, 0.05) is 50.5 Å². The first kappa shape index (κ1) is 73.7. The van der Waals surface area contributed by atoms with Gasteiger partial charge in [-0.1, -0.05) is 87.4 Å². The van der Waals surface area contributed by atoms with Crippen LogP contribution in [0.1, 0.15) is 81.8 Å². The van der Waals surface area contributed by atoms with Crippen LogP contribution in [0.15, 0.2) is 97.1 Å². The Kier molecular flexibility index (Phi) is 28.0. The molecule has 3 aliphatic rings. The third kappa shape index (κ3) is 19.9. The molecule has 0 aromatic heterocycles. The molecule has 94 heavy (non-hydrogen) atoms. The number of aromatic hydroxyl groups is 1. The maximum atomic E-state index is 14.9. The van der Waals surface area contributed by atoms with Gasteiger partial charge in [0.25, 0.3) is 5.91 Å². The SMILES string of the molecule is CCCCCOc1ccc(-c2ccc(-c3ccc(C(=O)N[C@H]4C[C@@H](O)C(NCCOCCOCCOCCN)NC(=O)C5[C@@H](O)[C@@H](C)CN5C(=O)C([C@@H](C)O)NC(=O)C([C@H](O)[C@@H](O)c5ccc(O)cc5)NC(=O)C5C[C@@H](O)CN5C(=O)C([C@@H](C)O)NC4=O)cc3)cc2)cc1. The minimum atomic E-state index is -2.30. The van der Waals surface area contributed by atoms with Crippen molar-refractivity contribution in [3.8, 4) is 33.8 Å². The standard InChI is InChI=1S/C66H91N9O19/c1-5-6-7-26-94-48-22-18-43(19-23-48)41-10-8-40(9-11-41)42-12-14-45(15-13-42)60(84)69-49-34-51(80)59(68-25-28-92-30-32-93-31-29-91-27-24-67)73-64(88)55-56(81)37(2)35-75(55)66(90)53(39(4)77)71-63(87)54(58(83)57(82)44-16-20-46(78)21-17-44)72-62(86)50-33-47(79)36-74(50)65(89)52(38(3)76)70-61(49)85/h8-23,37-39,47,49-59,68,76-83H,5-7,24-36,67H2,1-4H3,(H,69,84)(H,70,85)(H,71,87)(H,72,86)(H,73,88)/t37-,38+,39+,47+,49-,50?,51+,52?,53?,54?,55?,56-,57-,58-,59?/m0/s1. The molecule has 0 radical (unpaired) electrons. The Morgan fingerprint density at radius 2 is 1.15 bits per heavy atom. The molecule has 3 heterocycles. The fourth-order valence-electron chi connectivity index (χ4n) is 11.3. The molecule has 7 amide bonds. The van der Waals surface area contributed by atoms with Crippen LogP contribution in [0.3, 0.4) is 0 Å². The molecule has 0 spiro atoms. The van der Waals surface area contributed by atoms with E-state index < -0.39 is 152 Å². The number of ether oxygens (including phenoxy) is 4. The third-order valence-electron chi connectivity index (χ3n) is 16.7. The molecule has 0 saturated carbocycles. The predicted molar refractivity (Wildman–Crippen MR) is 341 cm³/mol. The van der Waals surface area contributed by atoms with Crippen LogP contribution < -0.4 is 42.4 Å². The van der Waals surface area contributed by atoms with Crippen LogP contribution in [0.5, 0.6) is 11.5 Å². The number of carbonyl (C=O) groups excluding carboxylic acids is 7. The maximum absolute atomic E-state index is 14.9. The molecule has 15 atom stereocenters. The molecule has 6 unspecified atom stereocenters. The molecule has 16 N–H and O–H groups in total. The topological polar surface area (TPSA) is 423 Å². The Labute approximate surface area is 545 Å². The van der Waals surface area contributed by atoms with E-state index in [0.29, 0.717) is 26.4 Å². The zero-order valence-corrected chi connectivity index (χ0v) is 53.3. The molecule has 28 nitrogen and oxygen atoms in total. The Balaban J connectivity index is 1.21. The fraction of sp³-hybridized carbons (Fsp3) is 0.530. The van der Waals surface area contributed by atoms with E-state index in [-0.39, 0.29) is 56.4 Å². The minimum Gasteiger partial charge on any atom is -0.508 e. The Morgan fingerprint density at radius 1 is 0.617 bits per heavy atom. The number of phenolic OH excluding ortho intramolecular Hbond substituents is 1. The highest BCUT2D eigenvalue weighted by Crippen LogP contribution is 2.30. The first-order valence-corrected chi connectivity index (χ1v) is 31.8. The van der Waals surface area contributed by atoms with Crippen molar-refractivity contribution in [2.45, 2.75) is 145 Å². The van der Waals surface area contributed by atoms with Crippen molar-refractivity contribution >= 4 is 41.4 Å². The van der Waals surface area contributed by atoms with Gasteiger partial charge in [-0.3, -0.25) is 38.9 Å². The number of nitrogens with two attached hydrogens (primary N) is 1. The van der Waals surface area contributed by atoms with E-state index >= 15 is 0 Å². The highest BCUT2D eigenvalue weighted by Gasteiger charge is 2.50. The number of nitrogens with zero attached hydrogens (tertiary/aromatic N) is 2. The van der Waals surface area contributed by atoms with Gasteiger partial charge in [-0.15, -0.1) is 0 Å². The minimum absolute atomic E-state index is 0.0360. The lowest BCUT2D eigenvalue weighted by Gasteiger charge is -2.34. The molecule has 514 valence electrons. The van der Waals surface area contributed by atoms with Crippen LogP contribution in [-0.4, -0.2) is 243 Å². The second-order valence-corrected chi connectivity index (χ2v) is 23.9. The van der Waals surface area contributed by atoms with E-state index in [1.54, 1.807) is 12.1 Å². The smallest absolute Gasteiger partial charge is 0.251 e. The summed E-state index contributed by atoms with van der Waals surface area (Å²) in [6.07, 6.45) is -12.5. The summed E-state index contributed by atoms with van der Waals surface area (Å²) in [6, 6.07) is 15.1. The summed E-state index contributed by atoms with van der Waals surface area (Å²) >= 11 is 0. The zero-order valence-electron chi connectivity index (χ0n) is 53.3. The van der Waals surface area contributed by atoms with Crippen molar-refractivity contribution in [2.24, 2.45) is 11.7 Å². The van der Waals surface area contributed by atoms with Gasteiger partial charge >= 0.3 is 0 Å². The lowest BCUT2D eigenvalue weighted by Crippen LogP contribution is -2.64. The van der Waals surface area contributed by atoms with Crippen LogP contribution in [-0.2, 0) is 43.0 Å². The number of hydrogen-bond acceptors (Lipinski definition) is 21. The quantitative estimate of drug-likeness (QED) is 0.0324. The highest BCUT2D eigenvalue weighted by atomic mass is 16.5. The lowest BCUT2D eigenvalue weighted by molar-refractivity contribution is -0.148. The highest BCUT2D eigenvalue weighted by molar-refractivity contribution is 6.00. The van der Waals surface area contributed by atoms with Crippen molar-refractivity contribution in [2.75, 3.05) is 72.4 Å². The number of amides is 7. The van der Waals surface area contributed by atoms with Crippen molar-refractivity contribution < 1.29 is 93.4 Å². The molecule has 0 bridgehead atoms. The monoisotopic (exact) mass is 1310 g/mol. The molecule has 4 aromatic rings. The Morgan fingerprint density at radius 3 is 1.72 bits per heavy atom. The van der Waals surface area contributed by atoms with E-state index in [9.17, 15) is 74.4 Å². The van der Waals surface area contributed by atoms with Crippen molar-refractivity contribution in [1.29, 1.82) is 0 Å². The predicted octanol–water partition coefficient (Wildman–Crippen LogP) is -1.32. The van der Waals surface area contributed by atoms with Crippen molar-refractivity contribution in [3.05, 3.63) is 108 Å². The average molecular weight is 1310 g/mol. The van der Waals surface area contributed by atoms with Gasteiger partial charge < -0.3 is 102 Å². The third-order valence-corrected chi connectivity index (χ3v) is 16.7. The normalized spacial score (nSPS) is 25.6. The number of aliphatic hydroxyl groups is 7. The number of nitrogens with one attached hydrogen (secondary N) is 6. The number of carbonyl (C=O) groups is 7. The molecular weight excluding hydrogens is 1220 g/mol. The average Bonchev–Trinajstić information content (AvgIpc) is 1.59. The number of unbranched alkanes of at least 4 members (excludes halogenated alkanes) is 2. The summed E-state index contributed by atoms with van der Waals surface area (Å²) in [4.78, 5) is 104. The summed E-state index contributed by atoms with van der Waals surface area (Å²) in [7, 11) is 0. The molecule has 3 aliphatic heterocycles. The van der Waals surface area contributed by atoms with E-state index in [2.05, 4.69) is 38.8 Å². The van der Waals surface area contributed by atoms with Crippen LogP contribution in [0.4, 0.5) is 0 Å². The van der Waals surface area contributed by atoms with E-state index in [1.165, 1.54) is 43.3 Å². The molecule has 28 heteroatoms. The van der Waals surface area contributed by atoms with Crippen LogP contribution >= 0.6 is 0 Å². The van der Waals surface area contributed by atoms with Crippen LogP contribution in [0.25, 0.3) is 22.3 Å². The van der Waals surface area contributed by atoms with Crippen molar-refractivity contribution in [3.63, 3.8) is 0 Å². The number of benzene rings is 4. The number of fused-ring (bicyclic) bond motifs is 2. The fourth-order valence-corrected chi connectivity index (χ4v) is 11.3. The first-order chi connectivity index (χ1) is 45.0. The molecular formula is C66H91N9O19. The molecule has 3 saturated heterocycles. The first-order valence-electron chi connectivity index (χ1n) is 31.8. The largest absolute Gasteiger partial charge is 0.508 e. The molecule has 3 fully saturated rings. The van der Waals surface area contributed by atoms with Crippen molar-refractivity contribution in [1.82, 2.24) is 41.7 Å². The summed E-state index contributed by atoms with van der Waals surface area (Å²) in [5.74, 6) is -8.32. The van der Waals surface area contributed by atoms with Crippen LogP contribution in [0, 0.1) is 5.92 Å². The molecule has 7 rings (SSSR count). The maximum Gasteiger partial charge on any atom is 0.251 e. The van der Waals surface area contributed by atoms with Gasteiger partial charge in [-0.05, 0) is 84.5 Å². The van der Waals surface area contributed by atoms with Gasteiger partial charge in [-0.2, -0.15) is 0 Å². The zero-order chi connectivity index (χ0) is 68.2. The number of aliphatic hydroxyl groups excluding tert-OH is 7. The second kappa shape index (κ2) is 35.7. The second-order valence-electron chi connectivity index (χ2n) is 23.9. The summed E-state index contributed by atoms with van der Waals surface area (Å²) < 4.78 is 22.4. The molecule has 0 aliphatic carbocycles. The van der Waals surface area contributed by atoms with Gasteiger partial charge in [-0.25, -0.2) is 0 Å². The number of phenols is 1. The van der Waals surface area contributed by atoms with E-state index in [0.717, 1.165) is 70.9 Å². The Bertz CT molecular complexity index is 3110. The summed E-state index contributed by atoms with van der Waals surface area (Å²) in [5.41, 5.74) is 8.89. The number of rotatable bonds is 26. The van der Waals surface area contributed by atoms with Crippen LogP contribution in [0.2, 0.25) is 0 Å². The lowest BCUT2D eigenvalue weighted by atomic mass is 9.96.